The average molecular weight is 356 g/mol. The smallest absolute Gasteiger partial charge is 0.312 e. The number of amides is 2. The highest BCUT2D eigenvalue weighted by atomic mass is 32.1. The van der Waals surface area contributed by atoms with Crippen LogP contribution in [0, 0.1) is 0 Å². The number of nitrogens with zero attached hydrogens (tertiary/aromatic N) is 4. The van der Waals surface area contributed by atoms with Gasteiger partial charge < -0.3 is 9.80 Å². The van der Waals surface area contributed by atoms with Gasteiger partial charge in [-0.2, -0.15) is 0 Å². The normalized spacial score (nSPS) is 21.6. The van der Waals surface area contributed by atoms with Gasteiger partial charge in [-0.1, -0.05) is 41.7 Å². The minimum atomic E-state index is -0.415. The summed E-state index contributed by atoms with van der Waals surface area (Å²) in [6.45, 7) is 2.95. The third-order valence-corrected chi connectivity index (χ3v) is 5.96. The van der Waals surface area contributed by atoms with Gasteiger partial charge in [0.1, 0.15) is 10.0 Å². The molecule has 0 bridgehead atoms. The van der Waals surface area contributed by atoms with Gasteiger partial charge in [-0.25, -0.2) is 0 Å². The molecule has 1 aliphatic carbocycles. The lowest BCUT2D eigenvalue weighted by molar-refractivity contribution is -0.162. The van der Waals surface area contributed by atoms with Crippen LogP contribution in [0.5, 0.6) is 0 Å². The predicted molar refractivity (Wildman–Crippen MR) is 94.7 cm³/mol. The number of carbonyl (C=O) groups is 2. The molecule has 0 N–H and O–H groups in total. The van der Waals surface area contributed by atoms with E-state index in [1.54, 1.807) is 9.80 Å². The summed E-state index contributed by atoms with van der Waals surface area (Å²) in [5.74, 6) is -0.780. The van der Waals surface area contributed by atoms with E-state index in [1.807, 2.05) is 37.3 Å². The van der Waals surface area contributed by atoms with Crippen LogP contribution in [-0.4, -0.2) is 50.4 Å². The fourth-order valence-electron chi connectivity index (χ4n) is 3.31. The van der Waals surface area contributed by atoms with Crippen LogP contribution in [0.4, 0.5) is 0 Å². The van der Waals surface area contributed by atoms with Crippen LogP contribution in [0.25, 0.3) is 10.6 Å². The highest BCUT2D eigenvalue weighted by Crippen LogP contribution is 2.29. The Balaban J connectivity index is 1.48. The maximum absolute atomic E-state index is 12.6. The SMILES string of the molecule is CC1CN(C2CCC2)C(=O)C(=O)N1Cc1nnc(-c2ccccc2)s1. The number of aromatic nitrogens is 2. The lowest BCUT2D eigenvalue weighted by atomic mass is 9.90. The quantitative estimate of drug-likeness (QED) is 0.789. The van der Waals surface area contributed by atoms with Crippen molar-refractivity contribution < 1.29 is 9.59 Å². The van der Waals surface area contributed by atoms with Crippen molar-refractivity contribution in [1.29, 1.82) is 0 Å². The molecule has 2 fully saturated rings. The molecule has 130 valence electrons. The molecule has 1 saturated heterocycles. The number of piperazine rings is 1. The second kappa shape index (κ2) is 6.55. The molecule has 7 heteroatoms. The highest BCUT2D eigenvalue weighted by Gasteiger charge is 2.41. The number of benzene rings is 1. The van der Waals surface area contributed by atoms with Crippen molar-refractivity contribution in [3.8, 4) is 10.6 Å². The van der Waals surface area contributed by atoms with E-state index < -0.39 is 5.91 Å². The summed E-state index contributed by atoms with van der Waals surface area (Å²) < 4.78 is 0. The first kappa shape index (κ1) is 16.2. The Kier molecular flexibility index (Phi) is 4.25. The molecule has 25 heavy (non-hydrogen) atoms. The van der Waals surface area contributed by atoms with Gasteiger partial charge >= 0.3 is 11.8 Å². The molecule has 0 spiro atoms. The molecular weight excluding hydrogens is 336 g/mol. The first-order valence-electron chi connectivity index (χ1n) is 8.63. The molecule has 0 radical (unpaired) electrons. The Labute approximate surface area is 150 Å². The molecule has 1 unspecified atom stereocenters. The largest absolute Gasteiger partial charge is 0.329 e. The van der Waals surface area contributed by atoms with Gasteiger partial charge in [-0.05, 0) is 26.2 Å². The molecule has 2 aliphatic rings. The van der Waals surface area contributed by atoms with Crippen molar-refractivity contribution in [1.82, 2.24) is 20.0 Å². The molecule has 2 amide bonds. The Bertz CT molecular complexity index is 787. The van der Waals surface area contributed by atoms with Crippen molar-refractivity contribution in [2.75, 3.05) is 6.54 Å². The van der Waals surface area contributed by atoms with E-state index in [0.29, 0.717) is 13.1 Å². The standard InChI is InChI=1S/C18H20N4O2S/c1-12-10-22(14-8-5-9-14)18(24)17(23)21(12)11-15-19-20-16(25-15)13-6-3-2-4-7-13/h2-4,6-7,12,14H,5,8-11H2,1H3. The zero-order valence-electron chi connectivity index (χ0n) is 14.1. The summed E-state index contributed by atoms with van der Waals surface area (Å²) >= 11 is 1.47. The van der Waals surface area contributed by atoms with Crippen molar-refractivity contribution >= 4 is 23.2 Å². The zero-order valence-corrected chi connectivity index (χ0v) is 14.9. The summed E-state index contributed by atoms with van der Waals surface area (Å²) in [5.41, 5.74) is 1.01. The summed E-state index contributed by atoms with van der Waals surface area (Å²) in [6, 6.07) is 10.1. The maximum Gasteiger partial charge on any atom is 0.312 e. The van der Waals surface area contributed by atoms with E-state index in [4.69, 9.17) is 0 Å². The van der Waals surface area contributed by atoms with Gasteiger partial charge in [0.15, 0.2) is 0 Å². The fraction of sp³-hybridized carbons (Fsp3) is 0.444. The lowest BCUT2D eigenvalue weighted by Crippen LogP contribution is -2.61. The van der Waals surface area contributed by atoms with E-state index in [1.165, 1.54) is 11.3 Å². The van der Waals surface area contributed by atoms with Gasteiger partial charge in [0.2, 0.25) is 0 Å². The molecule has 1 saturated carbocycles. The summed E-state index contributed by atoms with van der Waals surface area (Å²) in [7, 11) is 0. The van der Waals surface area contributed by atoms with Gasteiger partial charge in [-0.15, -0.1) is 10.2 Å². The van der Waals surface area contributed by atoms with E-state index in [-0.39, 0.29) is 18.0 Å². The van der Waals surface area contributed by atoms with Gasteiger partial charge in [-0.3, -0.25) is 9.59 Å². The van der Waals surface area contributed by atoms with Gasteiger partial charge in [0, 0.05) is 24.2 Å². The van der Waals surface area contributed by atoms with Crippen LogP contribution < -0.4 is 0 Å². The Hall–Kier alpha value is -2.28. The molecule has 1 aromatic heterocycles. The first-order chi connectivity index (χ1) is 12.1. The number of hydrogen-bond donors (Lipinski definition) is 0. The lowest BCUT2D eigenvalue weighted by Gasteiger charge is -2.44. The second-order valence-corrected chi connectivity index (χ2v) is 7.75. The molecule has 2 aromatic rings. The number of rotatable bonds is 4. The number of carbonyl (C=O) groups excluding carboxylic acids is 2. The van der Waals surface area contributed by atoms with Crippen LogP contribution in [0.1, 0.15) is 31.2 Å². The van der Waals surface area contributed by atoms with Crippen molar-refractivity contribution in [3.05, 3.63) is 35.3 Å². The van der Waals surface area contributed by atoms with Crippen LogP contribution in [0.2, 0.25) is 0 Å². The Morgan fingerprint density at radius 2 is 1.88 bits per heavy atom. The summed E-state index contributed by atoms with van der Waals surface area (Å²) in [6.07, 6.45) is 3.18. The molecule has 1 atom stereocenters. The van der Waals surface area contributed by atoms with Crippen LogP contribution in [-0.2, 0) is 16.1 Å². The topological polar surface area (TPSA) is 66.4 Å². The fourth-order valence-corrected chi connectivity index (χ4v) is 4.16. The maximum atomic E-state index is 12.6. The molecule has 6 nitrogen and oxygen atoms in total. The third-order valence-electron chi connectivity index (χ3n) is 5.01. The highest BCUT2D eigenvalue weighted by molar-refractivity contribution is 7.14. The average Bonchev–Trinajstić information content (AvgIpc) is 3.04. The summed E-state index contributed by atoms with van der Waals surface area (Å²) in [5, 5.41) is 10.0. The van der Waals surface area contributed by atoms with Crippen LogP contribution in [0.15, 0.2) is 30.3 Å². The Morgan fingerprint density at radius 3 is 2.56 bits per heavy atom. The van der Waals surface area contributed by atoms with Crippen molar-refractivity contribution in [2.45, 2.75) is 44.8 Å². The zero-order chi connectivity index (χ0) is 17.4. The van der Waals surface area contributed by atoms with Crippen molar-refractivity contribution in [2.24, 2.45) is 0 Å². The minimum absolute atomic E-state index is 0.00475. The van der Waals surface area contributed by atoms with Crippen LogP contribution >= 0.6 is 11.3 Å². The van der Waals surface area contributed by atoms with E-state index in [2.05, 4.69) is 10.2 Å². The molecule has 1 aliphatic heterocycles. The molecule has 1 aromatic carbocycles. The van der Waals surface area contributed by atoms with E-state index in [0.717, 1.165) is 34.8 Å². The molecular formula is C18H20N4O2S. The molecule has 4 rings (SSSR count). The molecule has 2 heterocycles. The van der Waals surface area contributed by atoms with E-state index >= 15 is 0 Å². The van der Waals surface area contributed by atoms with Gasteiger partial charge in [0.05, 0.1) is 6.54 Å². The number of hydrogen-bond acceptors (Lipinski definition) is 5. The second-order valence-electron chi connectivity index (χ2n) is 6.69. The van der Waals surface area contributed by atoms with Crippen LogP contribution in [0.3, 0.4) is 0 Å². The monoisotopic (exact) mass is 356 g/mol. The third kappa shape index (κ3) is 3.04. The summed E-state index contributed by atoms with van der Waals surface area (Å²) in [4.78, 5) is 28.4. The van der Waals surface area contributed by atoms with Crippen molar-refractivity contribution in [3.63, 3.8) is 0 Å². The predicted octanol–water partition coefficient (Wildman–Crippen LogP) is 2.32. The van der Waals surface area contributed by atoms with Gasteiger partial charge in [0.25, 0.3) is 0 Å². The van der Waals surface area contributed by atoms with E-state index in [9.17, 15) is 9.59 Å². The first-order valence-corrected chi connectivity index (χ1v) is 9.44. The minimum Gasteiger partial charge on any atom is -0.329 e. The Morgan fingerprint density at radius 1 is 1.12 bits per heavy atom.